The molecule has 0 amide bonds. The highest BCUT2D eigenvalue weighted by Gasteiger charge is 2.33. The molecule has 0 saturated heterocycles. The molecule has 0 fully saturated rings. The van der Waals surface area contributed by atoms with E-state index in [1.165, 1.54) is 16.9 Å². The van der Waals surface area contributed by atoms with E-state index in [-0.39, 0.29) is 17.4 Å². The highest BCUT2D eigenvalue weighted by molar-refractivity contribution is 9.11. The van der Waals surface area contributed by atoms with Crippen LogP contribution in [0.5, 0.6) is 11.5 Å². The maximum atomic E-state index is 13.9. The van der Waals surface area contributed by atoms with Gasteiger partial charge >= 0.3 is 0 Å². The molecule has 0 radical (unpaired) electrons. The van der Waals surface area contributed by atoms with Crippen LogP contribution in [0.4, 0.5) is 0 Å². The molecule has 4 aromatic rings. The van der Waals surface area contributed by atoms with Crippen molar-refractivity contribution < 1.29 is 9.84 Å². The Morgan fingerprint density at radius 2 is 1.81 bits per heavy atom. The van der Waals surface area contributed by atoms with Gasteiger partial charge in [-0.3, -0.25) is 9.36 Å². The molecular formula is C28H20Br2N2O3S. The summed E-state index contributed by atoms with van der Waals surface area (Å²) in [6.07, 6.45) is 3.56. The minimum absolute atomic E-state index is 0.0969. The van der Waals surface area contributed by atoms with E-state index in [1.807, 2.05) is 41.0 Å². The number of ether oxygens (including phenoxy) is 1. The second kappa shape index (κ2) is 9.18. The van der Waals surface area contributed by atoms with Crippen LogP contribution < -0.4 is 19.6 Å². The van der Waals surface area contributed by atoms with Crippen LogP contribution in [0, 0.1) is 0 Å². The third-order valence-electron chi connectivity index (χ3n) is 6.64. The van der Waals surface area contributed by atoms with Gasteiger partial charge in [0.1, 0.15) is 11.5 Å². The maximum absolute atomic E-state index is 13.9. The van der Waals surface area contributed by atoms with Crippen LogP contribution in [0.25, 0.3) is 11.8 Å². The molecule has 0 unspecified atom stereocenters. The van der Waals surface area contributed by atoms with Crippen LogP contribution in [0.2, 0.25) is 0 Å². The first-order valence-electron chi connectivity index (χ1n) is 11.4. The van der Waals surface area contributed by atoms with Gasteiger partial charge in [0.05, 0.1) is 32.3 Å². The first-order valence-corrected chi connectivity index (χ1v) is 13.8. The van der Waals surface area contributed by atoms with Crippen molar-refractivity contribution in [3.63, 3.8) is 0 Å². The summed E-state index contributed by atoms with van der Waals surface area (Å²) in [5, 5.41) is 10.1. The van der Waals surface area contributed by atoms with Gasteiger partial charge in [-0.15, -0.1) is 0 Å². The lowest BCUT2D eigenvalue weighted by molar-refractivity contribution is 0.402. The van der Waals surface area contributed by atoms with Crippen LogP contribution in [0.1, 0.15) is 34.7 Å². The molecule has 1 N–H and O–H groups in total. The molecule has 5 nitrogen and oxygen atoms in total. The molecule has 0 bridgehead atoms. The van der Waals surface area contributed by atoms with Crippen LogP contribution in [0.3, 0.4) is 0 Å². The number of hydrogen-bond acceptors (Lipinski definition) is 5. The molecule has 1 atom stereocenters. The van der Waals surface area contributed by atoms with Gasteiger partial charge < -0.3 is 9.84 Å². The minimum atomic E-state index is -0.304. The van der Waals surface area contributed by atoms with Crippen LogP contribution in [0.15, 0.2) is 85.0 Å². The van der Waals surface area contributed by atoms with Crippen molar-refractivity contribution >= 4 is 55.0 Å². The number of aryl methyl sites for hydroxylation is 1. The second-order valence-corrected chi connectivity index (χ2v) is 11.4. The van der Waals surface area contributed by atoms with Crippen molar-refractivity contribution in [1.29, 1.82) is 0 Å². The predicted molar refractivity (Wildman–Crippen MR) is 149 cm³/mol. The number of hydrogen-bond donors (Lipinski definition) is 1. The number of thiazole rings is 1. The zero-order valence-electron chi connectivity index (χ0n) is 19.2. The lowest BCUT2D eigenvalue weighted by Gasteiger charge is -2.31. The van der Waals surface area contributed by atoms with Crippen molar-refractivity contribution in [2.45, 2.75) is 18.9 Å². The number of benzene rings is 3. The Hall–Kier alpha value is -2.94. The van der Waals surface area contributed by atoms with Gasteiger partial charge in [0, 0.05) is 11.1 Å². The summed E-state index contributed by atoms with van der Waals surface area (Å²) < 4.78 is 9.22. The number of methoxy groups -OCH3 is 1. The Bertz CT molecular complexity index is 1730. The number of para-hydroxylation sites is 1. The van der Waals surface area contributed by atoms with Gasteiger partial charge in [0.25, 0.3) is 5.56 Å². The molecule has 3 aromatic carbocycles. The highest BCUT2D eigenvalue weighted by Crippen LogP contribution is 2.43. The number of phenolic OH excluding ortho intramolecular Hbond substituents is 1. The van der Waals surface area contributed by atoms with Crippen molar-refractivity contribution in [1.82, 2.24) is 4.57 Å². The van der Waals surface area contributed by atoms with Crippen molar-refractivity contribution in [3.8, 4) is 11.5 Å². The van der Waals surface area contributed by atoms with E-state index in [0.717, 1.165) is 46.6 Å². The van der Waals surface area contributed by atoms with Gasteiger partial charge in [-0.1, -0.05) is 53.8 Å². The number of rotatable bonds is 3. The van der Waals surface area contributed by atoms with E-state index >= 15 is 0 Å². The summed E-state index contributed by atoms with van der Waals surface area (Å²) in [6, 6.07) is 19.5. The fourth-order valence-corrected chi connectivity index (χ4v) is 7.23. The number of fused-ring (bicyclic) bond motifs is 3. The van der Waals surface area contributed by atoms with Gasteiger partial charge in [0.2, 0.25) is 0 Å². The molecule has 2 heterocycles. The maximum Gasteiger partial charge on any atom is 0.271 e. The molecule has 6 rings (SSSR count). The average molecular weight is 624 g/mol. The molecule has 1 aliphatic heterocycles. The smallest absolute Gasteiger partial charge is 0.271 e. The Morgan fingerprint density at radius 3 is 2.58 bits per heavy atom. The first-order chi connectivity index (χ1) is 17.5. The number of phenols is 1. The highest BCUT2D eigenvalue weighted by atomic mass is 79.9. The summed E-state index contributed by atoms with van der Waals surface area (Å²) in [4.78, 5) is 19.6. The number of aromatic nitrogens is 1. The molecule has 0 saturated carbocycles. The zero-order valence-corrected chi connectivity index (χ0v) is 23.2. The van der Waals surface area contributed by atoms with Crippen molar-refractivity contribution in [2.75, 3.05) is 7.11 Å². The van der Waals surface area contributed by atoms with Crippen molar-refractivity contribution in [2.24, 2.45) is 4.99 Å². The molecule has 2 aliphatic rings. The number of nitrogens with zero attached hydrogens (tertiary/aromatic N) is 2. The molecule has 1 aromatic heterocycles. The molecule has 180 valence electrons. The SMILES string of the molecule is COc1ccccc1[C@@H]1C2=C(N=c3s/c(=C\c4cc(Br)c(O)c(Br)c4)c(=O)n31)c1ccccc1CC2. The Morgan fingerprint density at radius 1 is 1.08 bits per heavy atom. The van der Waals surface area contributed by atoms with E-state index in [2.05, 4.69) is 50.1 Å². The van der Waals surface area contributed by atoms with Crippen LogP contribution >= 0.6 is 43.2 Å². The molecule has 1 aliphatic carbocycles. The lowest BCUT2D eigenvalue weighted by atomic mass is 9.83. The Labute approximate surface area is 228 Å². The van der Waals surface area contributed by atoms with Gasteiger partial charge in [-0.25, -0.2) is 4.99 Å². The van der Waals surface area contributed by atoms with Crippen LogP contribution in [-0.4, -0.2) is 16.8 Å². The average Bonchev–Trinajstić information content (AvgIpc) is 3.20. The molecule has 0 spiro atoms. The lowest BCUT2D eigenvalue weighted by Crippen LogP contribution is -2.39. The van der Waals surface area contributed by atoms with E-state index in [4.69, 9.17) is 9.73 Å². The van der Waals surface area contributed by atoms with Crippen molar-refractivity contribution in [3.05, 3.63) is 117 Å². The normalized spacial score (nSPS) is 16.8. The quantitative estimate of drug-likeness (QED) is 0.325. The van der Waals surface area contributed by atoms with Gasteiger partial charge in [-0.05, 0) is 85.7 Å². The first kappa shape index (κ1) is 23.5. The third kappa shape index (κ3) is 3.79. The Balaban J connectivity index is 1.64. The predicted octanol–water partition coefficient (Wildman–Crippen LogP) is 5.56. The topological polar surface area (TPSA) is 63.8 Å². The van der Waals surface area contributed by atoms with E-state index < -0.39 is 0 Å². The third-order valence-corrected chi connectivity index (χ3v) is 8.84. The monoisotopic (exact) mass is 622 g/mol. The largest absolute Gasteiger partial charge is 0.506 e. The van der Waals surface area contributed by atoms with E-state index in [9.17, 15) is 9.90 Å². The van der Waals surface area contributed by atoms with Gasteiger partial charge in [-0.2, -0.15) is 0 Å². The number of halogens is 2. The summed E-state index contributed by atoms with van der Waals surface area (Å²) in [6.45, 7) is 0. The second-order valence-electron chi connectivity index (χ2n) is 8.69. The fraction of sp³-hybridized carbons (Fsp3) is 0.143. The minimum Gasteiger partial charge on any atom is -0.506 e. The molecular weight excluding hydrogens is 604 g/mol. The summed E-state index contributed by atoms with van der Waals surface area (Å²) in [7, 11) is 1.66. The standard InChI is InChI=1S/C28H20Br2N2O3S/c1-35-22-9-5-4-8-18(22)25-19-11-10-16-6-2-3-7-17(16)24(19)31-28-32(25)27(34)23(36-28)14-15-12-20(29)26(33)21(30)13-15/h2-9,12-14,25,33H,10-11H2,1H3/b23-14-/t25-/m1/s1. The fourth-order valence-electron chi connectivity index (χ4n) is 5.01. The summed E-state index contributed by atoms with van der Waals surface area (Å²) in [5.74, 6) is 0.868. The number of aromatic hydroxyl groups is 1. The molecule has 8 heteroatoms. The van der Waals surface area contributed by atoms with E-state index in [1.54, 1.807) is 19.2 Å². The zero-order chi connectivity index (χ0) is 25.0. The number of allylic oxidation sites excluding steroid dienone is 1. The van der Waals surface area contributed by atoms with Crippen LogP contribution in [-0.2, 0) is 6.42 Å². The van der Waals surface area contributed by atoms with E-state index in [0.29, 0.717) is 18.3 Å². The molecule has 36 heavy (non-hydrogen) atoms. The Kier molecular flexibility index (Phi) is 5.98. The van der Waals surface area contributed by atoms with Gasteiger partial charge in [0.15, 0.2) is 4.80 Å². The summed E-state index contributed by atoms with van der Waals surface area (Å²) >= 11 is 8.13. The summed E-state index contributed by atoms with van der Waals surface area (Å²) in [5.41, 5.74) is 6.13.